The van der Waals surface area contributed by atoms with E-state index in [-0.39, 0.29) is 5.91 Å². The lowest BCUT2D eigenvalue weighted by Crippen LogP contribution is -2.24. The molecule has 4 N–H and O–H groups in total. The highest BCUT2D eigenvalue weighted by Crippen LogP contribution is 2.29. The number of unbranched alkanes of at least 4 members (excludes halogenated alkanes) is 1. The van der Waals surface area contributed by atoms with Gasteiger partial charge in [-0.15, -0.1) is 0 Å². The number of nitrogens with two attached hydrogens (primary N) is 1. The van der Waals surface area contributed by atoms with E-state index in [1.807, 2.05) is 66.9 Å². The van der Waals surface area contributed by atoms with Gasteiger partial charge in [-0.2, -0.15) is 0 Å². The number of benzene rings is 3. The molecule has 0 atom stereocenters. The van der Waals surface area contributed by atoms with Crippen molar-refractivity contribution in [2.24, 2.45) is 5.73 Å². The van der Waals surface area contributed by atoms with Crippen LogP contribution in [0.1, 0.15) is 23.2 Å². The van der Waals surface area contributed by atoms with Crippen molar-refractivity contribution in [3.8, 4) is 11.1 Å². The second-order valence-corrected chi connectivity index (χ2v) is 7.41. The average Bonchev–Trinajstić information content (AvgIpc) is 2.82. The molecule has 4 rings (SSSR count). The van der Waals surface area contributed by atoms with Gasteiger partial charge in [0.15, 0.2) is 0 Å². The molecular formula is C26H26N4O. The molecule has 1 aromatic heterocycles. The van der Waals surface area contributed by atoms with E-state index in [0.29, 0.717) is 18.7 Å². The number of pyridine rings is 1. The Kier molecular flexibility index (Phi) is 6.55. The van der Waals surface area contributed by atoms with Crippen molar-refractivity contribution in [3.63, 3.8) is 0 Å². The number of hydrogen-bond acceptors (Lipinski definition) is 4. The van der Waals surface area contributed by atoms with Crippen molar-refractivity contribution in [3.05, 3.63) is 90.6 Å². The van der Waals surface area contributed by atoms with Crippen LogP contribution in [0.4, 0.5) is 11.4 Å². The van der Waals surface area contributed by atoms with Gasteiger partial charge in [-0.05, 0) is 66.9 Å². The standard InChI is InChI=1S/C26H26N4O/c27-15-4-5-16-29-26(31)20-10-8-19(9-11-20)21-12-13-23-24(14-17-28-25(23)18-21)30-22-6-2-1-3-7-22/h1-3,6-14,17-18H,4-5,15-16,27H2,(H,28,30)(H,29,31). The third-order valence-corrected chi connectivity index (χ3v) is 5.19. The number of amides is 1. The number of rotatable bonds is 8. The summed E-state index contributed by atoms with van der Waals surface area (Å²) in [6.07, 6.45) is 3.62. The fourth-order valence-corrected chi connectivity index (χ4v) is 3.50. The summed E-state index contributed by atoms with van der Waals surface area (Å²) in [5.41, 5.74) is 11.2. The summed E-state index contributed by atoms with van der Waals surface area (Å²) < 4.78 is 0. The normalized spacial score (nSPS) is 10.7. The Labute approximate surface area is 182 Å². The zero-order valence-electron chi connectivity index (χ0n) is 17.3. The highest BCUT2D eigenvalue weighted by atomic mass is 16.1. The molecule has 0 bridgehead atoms. The number of para-hydroxylation sites is 1. The summed E-state index contributed by atoms with van der Waals surface area (Å²) in [5.74, 6) is -0.0552. The molecule has 0 aliphatic rings. The fraction of sp³-hybridized carbons (Fsp3) is 0.154. The molecule has 5 nitrogen and oxygen atoms in total. The molecule has 0 unspecified atom stereocenters. The summed E-state index contributed by atoms with van der Waals surface area (Å²) in [4.78, 5) is 16.8. The third kappa shape index (κ3) is 5.08. The van der Waals surface area contributed by atoms with E-state index in [9.17, 15) is 4.79 Å². The Hall–Kier alpha value is -3.70. The van der Waals surface area contributed by atoms with Crippen LogP contribution in [0.15, 0.2) is 85.1 Å². The van der Waals surface area contributed by atoms with Gasteiger partial charge < -0.3 is 16.4 Å². The Morgan fingerprint density at radius 2 is 1.65 bits per heavy atom. The number of carbonyl (C=O) groups excluding carboxylic acids is 1. The number of anilines is 2. The maximum atomic E-state index is 12.3. The number of nitrogens with one attached hydrogen (secondary N) is 2. The molecule has 156 valence electrons. The lowest BCUT2D eigenvalue weighted by molar-refractivity contribution is 0.0953. The SMILES string of the molecule is NCCCCNC(=O)c1ccc(-c2ccc3c(Nc4ccccc4)ccnc3c2)cc1. The molecule has 0 saturated carbocycles. The fourth-order valence-electron chi connectivity index (χ4n) is 3.50. The monoisotopic (exact) mass is 410 g/mol. The van der Waals surface area contributed by atoms with E-state index < -0.39 is 0 Å². The number of nitrogens with zero attached hydrogens (tertiary/aromatic N) is 1. The lowest BCUT2D eigenvalue weighted by Gasteiger charge is -2.11. The minimum atomic E-state index is -0.0552. The molecule has 0 fully saturated rings. The van der Waals surface area contributed by atoms with Gasteiger partial charge in [-0.1, -0.05) is 42.5 Å². The summed E-state index contributed by atoms with van der Waals surface area (Å²) in [6.45, 7) is 1.29. The second kappa shape index (κ2) is 9.87. The molecule has 1 amide bonds. The number of carbonyl (C=O) groups is 1. The molecule has 31 heavy (non-hydrogen) atoms. The topological polar surface area (TPSA) is 80.0 Å². The van der Waals surface area contributed by atoms with Crippen LogP contribution in [0.25, 0.3) is 22.0 Å². The summed E-state index contributed by atoms with van der Waals surface area (Å²) in [6, 6.07) is 26.0. The zero-order valence-corrected chi connectivity index (χ0v) is 17.3. The molecule has 3 aromatic carbocycles. The lowest BCUT2D eigenvalue weighted by atomic mass is 10.0. The van der Waals surface area contributed by atoms with Crippen LogP contribution in [0.3, 0.4) is 0 Å². The first-order valence-corrected chi connectivity index (χ1v) is 10.5. The third-order valence-electron chi connectivity index (χ3n) is 5.19. The van der Waals surface area contributed by atoms with Crippen molar-refractivity contribution >= 4 is 28.2 Å². The largest absolute Gasteiger partial charge is 0.355 e. The quantitative estimate of drug-likeness (QED) is 0.353. The molecule has 5 heteroatoms. The van der Waals surface area contributed by atoms with Crippen molar-refractivity contribution in [1.29, 1.82) is 0 Å². The minimum Gasteiger partial charge on any atom is -0.355 e. The van der Waals surface area contributed by atoms with E-state index in [1.54, 1.807) is 0 Å². The molecule has 0 spiro atoms. The first-order valence-electron chi connectivity index (χ1n) is 10.5. The molecule has 0 aliphatic heterocycles. The molecule has 0 saturated heterocycles. The van der Waals surface area contributed by atoms with Crippen LogP contribution in [0.2, 0.25) is 0 Å². The van der Waals surface area contributed by atoms with E-state index in [4.69, 9.17) is 5.73 Å². The van der Waals surface area contributed by atoms with Crippen molar-refractivity contribution in [1.82, 2.24) is 10.3 Å². The molecule has 0 aliphatic carbocycles. The minimum absolute atomic E-state index is 0.0552. The predicted octanol–water partition coefficient (Wildman–Crippen LogP) is 5.11. The summed E-state index contributed by atoms with van der Waals surface area (Å²) in [7, 11) is 0. The van der Waals surface area contributed by atoms with E-state index >= 15 is 0 Å². The Morgan fingerprint density at radius 3 is 2.42 bits per heavy atom. The first kappa shape index (κ1) is 20.6. The first-order chi connectivity index (χ1) is 15.2. The predicted molar refractivity (Wildman–Crippen MR) is 128 cm³/mol. The Morgan fingerprint density at radius 1 is 0.871 bits per heavy atom. The maximum absolute atomic E-state index is 12.3. The van der Waals surface area contributed by atoms with E-state index in [1.165, 1.54) is 0 Å². The smallest absolute Gasteiger partial charge is 0.251 e. The molecular weight excluding hydrogens is 384 g/mol. The Bertz CT molecular complexity index is 1160. The van der Waals surface area contributed by atoms with Crippen LogP contribution < -0.4 is 16.4 Å². The van der Waals surface area contributed by atoms with Crippen LogP contribution in [0, 0.1) is 0 Å². The highest BCUT2D eigenvalue weighted by molar-refractivity contribution is 5.96. The van der Waals surface area contributed by atoms with Gasteiger partial charge >= 0.3 is 0 Å². The molecule has 4 aromatic rings. The van der Waals surface area contributed by atoms with Crippen LogP contribution in [-0.2, 0) is 0 Å². The van der Waals surface area contributed by atoms with Crippen molar-refractivity contribution in [2.45, 2.75) is 12.8 Å². The average molecular weight is 411 g/mol. The van der Waals surface area contributed by atoms with Gasteiger partial charge in [0.25, 0.3) is 5.91 Å². The van der Waals surface area contributed by atoms with E-state index in [0.717, 1.165) is 46.2 Å². The molecule has 1 heterocycles. The number of aromatic nitrogens is 1. The molecule has 0 radical (unpaired) electrons. The van der Waals surface area contributed by atoms with Crippen LogP contribution in [-0.4, -0.2) is 24.0 Å². The van der Waals surface area contributed by atoms with Crippen molar-refractivity contribution in [2.75, 3.05) is 18.4 Å². The van der Waals surface area contributed by atoms with Gasteiger partial charge in [-0.3, -0.25) is 9.78 Å². The number of fused-ring (bicyclic) bond motifs is 1. The van der Waals surface area contributed by atoms with Gasteiger partial charge in [0.05, 0.1) is 5.52 Å². The Balaban J connectivity index is 1.51. The van der Waals surface area contributed by atoms with E-state index in [2.05, 4.69) is 33.8 Å². The van der Waals surface area contributed by atoms with Crippen LogP contribution in [0.5, 0.6) is 0 Å². The van der Waals surface area contributed by atoms with Crippen molar-refractivity contribution < 1.29 is 4.79 Å². The van der Waals surface area contributed by atoms with Gasteiger partial charge in [0, 0.05) is 35.1 Å². The summed E-state index contributed by atoms with van der Waals surface area (Å²) >= 11 is 0. The second-order valence-electron chi connectivity index (χ2n) is 7.41. The number of hydrogen-bond donors (Lipinski definition) is 3. The van der Waals surface area contributed by atoms with Gasteiger partial charge in [-0.25, -0.2) is 0 Å². The summed E-state index contributed by atoms with van der Waals surface area (Å²) in [5, 5.41) is 7.45. The van der Waals surface area contributed by atoms with Gasteiger partial charge in [0.1, 0.15) is 0 Å². The zero-order chi connectivity index (χ0) is 21.5. The highest BCUT2D eigenvalue weighted by Gasteiger charge is 2.08. The van der Waals surface area contributed by atoms with Crippen LogP contribution >= 0.6 is 0 Å². The maximum Gasteiger partial charge on any atom is 0.251 e. The van der Waals surface area contributed by atoms with Gasteiger partial charge in [0.2, 0.25) is 0 Å².